The molecule has 86 valence electrons. The minimum Gasteiger partial charge on any atom is -0.399 e. The number of rotatable bonds is 3. The van der Waals surface area contributed by atoms with E-state index in [9.17, 15) is 0 Å². The summed E-state index contributed by atoms with van der Waals surface area (Å²) in [6.07, 6.45) is 4.26. The molecule has 2 N–H and O–H groups in total. The molecule has 3 heteroatoms. The topological polar surface area (TPSA) is 29.3 Å². The van der Waals surface area contributed by atoms with Crippen LogP contribution in [0.3, 0.4) is 0 Å². The van der Waals surface area contributed by atoms with E-state index in [-0.39, 0.29) is 0 Å². The smallest absolute Gasteiger partial charge is 0.0525 e. The Balaban J connectivity index is 1.77. The lowest BCUT2D eigenvalue weighted by atomic mass is 10.2. The first kappa shape index (κ1) is 10.3. The minimum atomic E-state index is 0.887. The molecule has 1 aromatic carbocycles. The van der Waals surface area contributed by atoms with Gasteiger partial charge >= 0.3 is 0 Å². The largest absolute Gasteiger partial charge is 0.399 e. The molecule has 0 unspecified atom stereocenters. The third kappa shape index (κ3) is 2.14. The highest BCUT2D eigenvalue weighted by molar-refractivity contribution is 7.99. The Hall–Kier alpha value is -0.830. The van der Waals surface area contributed by atoms with Crippen LogP contribution in [0.25, 0.3) is 0 Å². The van der Waals surface area contributed by atoms with Gasteiger partial charge in [0.05, 0.1) is 5.69 Å². The summed E-state index contributed by atoms with van der Waals surface area (Å²) >= 11 is 1.95. The van der Waals surface area contributed by atoms with E-state index in [1.807, 2.05) is 17.8 Å². The van der Waals surface area contributed by atoms with Gasteiger partial charge in [0.25, 0.3) is 0 Å². The number of hydrogen-bond donors (Lipinski definition) is 1. The third-order valence-corrected chi connectivity index (χ3v) is 4.49. The molecule has 1 fully saturated rings. The summed E-state index contributed by atoms with van der Waals surface area (Å²) in [7, 11) is 0. The molecule has 0 radical (unpaired) electrons. The fourth-order valence-corrected chi connectivity index (χ4v) is 3.30. The van der Waals surface area contributed by atoms with Crippen LogP contribution in [0.4, 0.5) is 11.4 Å². The Morgan fingerprint density at radius 1 is 1.38 bits per heavy atom. The van der Waals surface area contributed by atoms with Gasteiger partial charge in [-0.2, -0.15) is 0 Å². The summed E-state index contributed by atoms with van der Waals surface area (Å²) in [5, 5.41) is 0. The quantitative estimate of drug-likeness (QED) is 0.815. The van der Waals surface area contributed by atoms with E-state index in [1.54, 1.807) is 0 Å². The molecular formula is C13H18N2S. The molecule has 1 heterocycles. The fourth-order valence-electron chi connectivity index (χ4n) is 2.27. The molecule has 3 rings (SSSR count). The number of fused-ring (bicyclic) bond motifs is 1. The fraction of sp³-hybridized carbons (Fsp3) is 0.538. The van der Waals surface area contributed by atoms with Crippen LogP contribution in [0.1, 0.15) is 19.3 Å². The summed E-state index contributed by atoms with van der Waals surface area (Å²) in [5.74, 6) is 2.22. The van der Waals surface area contributed by atoms with Crippen molar-refractivity contribution in [2.45, 2.75) is 24.2 Å². The van der Waals surface area contributed by atoms with Crippen LogP contribution in [0.5, 0.6) is 0 Å². The van der Waals surface area contributed by atoms with E-state index in [0.717, 1.165) is 11.6 Å². The Kier molecular flexibility index (Phi) is 2.72. The van der Waals surface area contributed by atoms with E-state index < -0.39 is 0 Å². The Bertz CT molecular complexity index is 388. The standard InChI is InChI=1S/C13H18N2S/c14-11-3-4-13-12(9-11)15(7-8-16-13)6-5-10-1-2-10/h3-4,9-10H,1-2,5-8,14H2. The SMILES string of the molecule is Nc1ccc2c(c1)N(CCC1CC1)CCS2. The summed E-state index contributed by atoms with van der Waals surface area (Å²) in [5.41, 5.74) is 8.12. The second kappa shape index (κ2) is 4.21. The maximum Gasteiger partial charge on any atom is 0.0525 e. The summed E-state index contributed by atoms with van der Waals surface area (Å²) < 4.78 is 0. The maximum atomic E-state index is 5.88. The van der Waals surface area contributed by atoms with Gasteiger partial charge in [-0.1, -0.05) is 12.8 Å². The summed E-state index contributed by atoms with van der Waals surface area (Å²) in [6, 6.07) is 6.31. The van der Waals surface area contributed by atoms with Gasteiger partial charge in [0.2, 0.25) is 0 Å². The van der Waals surface area contributed by atoms with Gasteiger partial charge in [0, 0.05) is 29.4 Å². The van der Waals surface area contributed by atoms with Crippen molar-refractivity contribution in [1.29, 1.82) is 0 Å². The van der Waals surface area contributed by atoms with Crippen molar-refractivity contribution >= 4 is 23.1 Å². The molecular weight excluding hydrogens is 216 g/mol. The average Bonchev–Trinajstić information content (AvgIpc) is 3.10. The van der Waals surface area contributed by atoms with Gasteiger partial charge in [-0.05, 0) is 30.5 Å². The van der Waals surface area contributed by atoms with Crippen molar-refractivity contribution < 1.29 is 0 Å². The predicted octanol–water partition coefficient (Wildman–Crippen LogP) is 2.98. The first-order valence-electron chi connectivity index (χ1n) is 6.10. The highest BCUT2D eigenvalue weighted by atomic mass is 32.2. The Labute approximate surface area is 101 Å². The second-order valence-corrected chi connectivity index (χ2v) is 5.93. The van der Waals surface area contributed by atoms with E-state index in [1.165, 1.54) is 48.7 Å². The molecule has 0 amide bonds. The van der Waals surface area contributed by atoms with Gasteiger partial charge in [0.15, 0.2) is 0 Å². The zero-order chi connectivity index (χ0) is 11.0. The van der Waals surface area contributed by atoms with Crippen LogP contribution in [-0.2, 0) is 0 Å². The molecule has 2 nitrogen and oxygen atoms in total. The van der Waals surface area contributed by atoms with Gasteiger partial charge in [-0.3, -0.25) is 0 Å². The van der Waals surface area contributed by atoms with Crippen LogP contribution in [-0.4, -0.2) is 18.8 Å². The van der Waals surface area contributed by atoms with Gasteiger partial charge in [0.1, 0.15) is 0 Å². The zero-order valence-corrected chi connectivity index (χ0v) is 10.3. The lowest BCUT2D eigenvalue weighted by Gasteiger charge is -2.31. The van der Waals surface area contributed by atoms with Gasteiger partial charge in [-0.15, -0.1) is 11.8 Å². The highest BCUT2D eigenvalue weighted by Gasteiger charge is 2.23. The monoisotopic (exact) mass is 234 g/mol. The maximum absolute atomic E-state index is 5.88. The van der Waals surface area contributed by atoms with Crippen LogP contribution in [0.2, 0.25) is 0 Å². The summed E-state index contributed by atoms with van der Waals surface area (Å²) in [4.78, 5) is 3.91. The molecule has 16 heavy (non-hydrogen) atoms. The molecule has 2 aliphatic rings. The lowest BCUT2D eigenvalue weighted by Crippen LogP contribution is -2.30. The first-order valence-corrected chi connectivity index (χ1v) is 7.09. The third-order valence-electron chi connectivity index (χ3n) is 3.45. The molecule has 0 aromatic heterocycles. The number of nitrogen functional groups attached to an aromatic ring is 1. The molecule has 0 saturated heterocycles. The van der Waals surface area contributed by atoms with Gasteiger partial charge < -0.3 is 10.6 Å². The Morgan fingerprint density at radius 2 is 2.25 bits per heavy atom. The molecule has 0 atom stereocenters. The van der Waals surface area contributed by atoms with Crippen molar-refractivity contribution in [2.75, 3.05) is 29.5 Å². The highest BCUT2D eigenvalue weighted by Crippen LogP contribution is 2.38. The molecule has 1 aliphatic carbocycles. The molecule has 0 spiro atoms. The van der Waals surface area contributed by atoms with Crippen molar-refractivity contribution in [2.24, 2.45) is 5.92 Å². The molecule has 0 bridgehead atoms. The van der Waals surface area contributed by atoms with Crippen LogP contribution >= 0.6 is 11.8 Å². The second-order valence-electron chi connectivity index (χ2n) is 4.79. The van der Waals surface area contributed by atoms with Crippen LogP contribution in [0.15, 0.2) is 23.1 Å². The average molecular weight is 234 g/mol. The molecule has 1 saturated carbocycles. The van der Waals surface area contributed by atoms with E-state index >= 15 is 0 Å². The van der Waals surface area contributed by atoms with E-state index in [2.05, 4.69) is 17.0 Å². The number of thioether (sulfide) groups is 1. The molecule has 1 aromatic rings. The minimum absolute atomic E-state index is 0.887. The normalized spacial score (nSPS) is 19.6. The number of hydrogen-bond acceptors (Lipinski definition) is 3. The number of benzene rings is 1. The number of nitrogens with two attached hydrogens (primary N) is 1. The number of anilines is 2. The van der Waals surface area contributed by atoms with Gasteiger partial charge in [-0.25, -0.2) is 0 Å². The molecule has 1 aliphatic heterocycles. The van der Waals surface area contributed by atoms with Crippen molar-refractivity contribution in [3.8, 4) is 0 Å². The summed E-state index contributed by atoms with van der Waals surface area (Å²) in [6.45, 7) is 2.38. The van der Waals surface area contributed by atoms with Crippen molar-refractivity contribution in [3.05, 3.63) is 18.2 Å². The van der Waals surface area contributed by atoms with Crippen molar-refractivity contribution in [1.82, 2.24) is 0 Å². The number of nitrogens with zero attached hydrogens (tertiary/aromatic N) is 1. The van der Waals surface area contributed by atoms with E-state index in [4.69, 9.17) is 5.73 Å². The van der Waals surface area contributed by atoms with Crippen LogP contribution in [0, 0.1) is 5.92 Å². The lowest BCUT2D eigenvalue weighted by molar-refractivity contribution is 0.683. The predicted molar refractivity (Wildman–Crippen MR) is 71.1 cm³/mol. The van der Waals surface area contributed by atoms with Crippen molar-refractivity contribution in [3.63, 3.8) is 0 Å². The zero-order valence-electron chi connectivity index (χ0n) is 9.48. The first-order chi connectivity index (χ1) is 7.83. The Morgan fingerprint density at radius 3 is 3.06 bits per heavy atom. The van der Waals surface area contributed by atoms with E-state index in [0.29, 0.717) is 0 Å². The van der Waals surface area contributed by atoms with Crippen LogP contribution < -0.4 is 10.6 Å².